The van der Waals surface area contributed by atoms with Crippen molar-refractivity contribution < 1.29 is 9.53 Å². The highest BCUT2D eigenvalue weighted by molar-refractivity contribution is 5.74. The van der Waals surface area contributed by atoms with Crippen LogP contribution in [-0.4, -0.2) is 44.9 Å². The molecule has 98 valence electrons. The lowest BCUT2D eigenvalue weighted by Gasteiger charge is -2.25. The summed E-state index contributed by atoms with van der Waals surface area (Å²) in [5.74, 6) is 0.488. The van der Waals surface area contributed by atoms with Gasteiger partial charge in [-0.3, -0.25) is 0 Å². The number of hydrogen-bond donors (Lipinski definition) is 3. The minimum Gasteiger partial charge on any atom is -0.381 e. The van der Waals surface area contributed by atoms with Crippen molar-refractivity contribution in [2.24, 2.45) is 5.92 Å². The minimum absolute atomic E-state index is 0.0255. The Morgan fingerprint density at radius 1 is 1.29 bits per heavy atom. The molecule has 2 heterocycles. The van der Waals surface area contributed by atoms with Gasteiger partial charge in [0.25, 0.3) is 0 Å². The van der Waals surface area contributed by atoms with Crippen LogP contribution in [0, 0.1) is 5.92 Å². The van der Waals surface area contributed by atoms with Crippen molar-refractivity contribution in [2.45, 2.75) is 31.7 Å². The number of carbonyl (C=O) groups is 1. The van der Waals surface area contributed by atoms with E-state index in [1.54, 1.807) is 0 Å². The maximum Gasteiger partial charge on any atom is 0.315 e. The highest BCUT2D eigenvalue weighted by Gasteiger charge is 2.17. The Balaban J connectivity index is 1.59. The van der Waals surface area contributed by atoms with E-state index >= 15 is 0 Å². The van der Waals surface area contributed by atoms with Crippen LogP contribution in [0.2, 0.25) is 0 Å². The number of amides is 2. The van der Waals surface area contributed by atoms with E-state index in [0.29, 0.717) is 12.0 Å². The van der Waals surface area contributed by atoms with E-state index in [0.717, 1.165) is 58.5 Å². The van der Waals surface area contributed by atoms with Gasteiger partial charge >= 0.3 is 6.03 Å². The van der Waals surface area contributed by atoms with Gasteiger partial charge in [-0.25, -0.2) is 4.79 Å². The van der Waals surface area contributed by atoms with Crippen LogP contribution >= 0.6 is 0 Å². The van der Waals surface area contributed by atoms with E-state index in [-0.39, 0.29) is 6.03 Å². The van der Waals surface area contributed by atoms with Gasteiger partial charge in [0.15, 0.2) is 0 Å². The molecule has 0 aromatic carbocycles. The average molecular weight is 241 g/mol. The molecule has 0 aromatic rings. The predicted octanol–water partition coefficient (Wildman–Crippen LogP) is 0.464. The molecule has 1 atom stereocenters. The third-order valence-corrected chi connectivity index (χ3v) is 3.48. The van der Waals surface area contributed by atoms with Crippen LogP contribution < -0.4 is 16.0 Å². The fraction of sp³-hybridized carbons (Fsp3) is 0.917. The summed E-state index contributed by atoms with van der Waals surface area (Å²) < 4.78 is 5.38. The molecular weight excluding hydrogens is 218 g/mol. The molecule has 2 fully saturated rings. The number of hydrogen-bond acceptors (Lipinski definition) is 3. The molecule has 5 heteroatoms. The molecule has 2 rings (SSSR count). The summed E-state index contributed by atoms with van der Waals surface area (Å²) in [6.45, 7) is 4.39. The van der Waals surface area contributed by atoms with Crippen molar-refractivity contribution in [3.8, 4) is 0 Å². The topological polar surface area (TPSA) is 62.4 Å². The van der Waals surface area contributed by atoms with E-state index in [4.69, 9.17) is 4.74 Å². The summed E-state index contributed by atoms with van der Waals surface area (Å²) in [6, 6.07) is 0.307. The molecule has 0 radical (unpaired) electrons. The molecular formula is C12H23N3O2. The lowest BCUT2D eigenvalue weighted by atomic mass is 10.0. The van der Waals surface area contributed by atoms with Gasteiger partial charge in [0.1, 0.15) is 0 Å². The Morgan fingerprint density at radius 3 is 2.82 bits per heavy atom. The van der Waals surface area contributed by atoms with Crippen LogP contribution in [0.5, 0.6) is 0 Å². The highest BCUT2D eigenvalue weighted by Crippen LogP contribution is 2.12. The molecule has 1 unspecified atom stereocenters. The van der Waals surface area contributed by atoms with Crippen molar-refractivity contribution >= 4 is 6.03 Å². The van der Waals surface area contributed by atoms with E-state index in [2.05, 4.69) is 16.0 Å². The first-order valence-electron chi connectivity index (χ1n) is 6.67. The predicted molar refractivity (Wildman–Crippen MR) is 66.0 cm³/mol. The summed E-state index contributed by atoms with van der Waals surface area (Å²) in [4.78, 5) is 11.7. The number of nitrogens with one attached hydrogen (secondary N) is 3. The summed E-state index contributed by atoms with van der Waals surface area (Å²) in [7, 11) is 0. The first-order chi connectivity index (χ1) is 8.34. The zero-order chi connectivity index (χ0) is 11.9. The maximum atomic E-state index is 11.7. The number of urea groups is 1. The monoisotopic (exact) mass is 241 g/mol. The second-order valence-corrected chi connectivity index (χ2v) is 4.96. The fourth-order valence-electron chi connectivity index (χ4n) is 2.41. The molecule has 2 amide bonds. The van der Waals surface area contributed by atoms with Crippen LogP contribution in [0.15, 0.2) is 0 Å². The Hall–Kier alpha value is -0.810. The molecule has 2 saturated heterocycles. The average Bonchev–Trinajstić information content (AvgIpc) is 2.39. The van der Waals surface area contributed by atoms with Gasteiger partial charge in [-0.05, 0) is 44.7 Å². The van der Waals surface area contributed by atoms with Crippen molar-refractivity contribution in [1.82, 2.24) is 16.0 Å². The van der Waals surface area contributed by atoms with Gasteiger partial charge < -0.3 is 20.7 Å². The van der Waals surface area contributed by atoms with Crippen molar-refractivity contribution in [1.29, 1.82) is 0 Å². The third kappa shape index (κ3) is 4.52. The molecule has 0 saturated carbocycles. The van der Waals surface area contributed by atoms with E-state index in [1.807, 2.05) is 0 Å². The second-order valence-electron chi connectivity index (χ2n) is 4.96. The second kappa shape index (κ2) is 6.81. The quantitative estimate of drug-likeness (QED) is 0.673. The van der Waals surface area contributed by atoms with Gasteiger partial charge in [0.05, 0.1) is 6.61 Å². The molecule has 2 aliphatic rings. The Morgan fingerprint density at radius 2 is 2.12 bits per heavy atom. The first kappa shape index (κ1) is 12.6. The van der Waals surface area contributed by atoms with Gasteiger partial charge in [0.2, 0.25) is 0 Å². The van der Waals surface area contributed by atoms with E-state index < -0.39 is 0 Å². The molecule has 3 N–H and O–H groups in total. The van der Waals surface area contributed by atoms with Crippen LogP contribution in [0.25, 0.3) is 0 Å². The standard InChI is InChI=1S/C12H23N3O2/c16-12(15-11-3-5-13-6-4-11)14-8-10-2-1-7-17-9-10/h10-11,13H,1-9H2,(H2,14,15,16). The number of piperidine rings is 1. The number of rotatable bonds is 3. The normalized spacial score (nSPS) is 26.5. The van der Waals surface area contributed by atoms with Crippen molar-refractivity contribution in [3.05, 3.63) is 0 Å². The number of carbonyl (C=O) groups excluding carboxylic acids is 1. The summed E-state index contributed by atoms with van der Waals surface area (Å²) >= 11 is 0. The molecule has 17 heavy (non-hydrogen) atoms. The summed E-state index contributed by atoms with van der Waals surface area (Å²) in [5, 5.41) is 9.26. The lowest BCUT2D eigenvalue weighted by molar-refractivity contribution is 0.0557. The smallest absolute Gasteiger partial charge is 0.315 e. The number of ether oxygens (including phenoxy) is 1. The first-order valence-corrected chi connectivity index (χ1v) is 6.67. The third-order valence-electron chi connectivity index (χ3n) is 3.48. The van der Waals surface area contributed by atoms with Gasteiger partial charge in [0, 0.05) is 19.2 Å². The lowest BCUT2D eigenvalue weighted by Crippen LogP contribution is -2.48. The Bertz CT molecular complexity index is 236. The Kier molecular flexibility index (Phi) is 5.07. The minimum atomic E-state index is -0.0255. The van der Waals surface area contributed by atoms with Gasteiger partial charge in [-0.2, -0.15) is 0 Å². The summed E-state index contributed by atoms with van der Waals surface area (Å²) in [6.07, 6.45) is 4.33. The highest BCUT2D eigenvalue weighted by atomic mass is 16.5. The van der Waals surface area contributed by atoms with Crippen LogP contribution in [0.1, 0.15) is 25.7 Å². The Labute approximate surface area is 103 Å². The molecule has 5 nitrogen and oxygen atoms in total. The van der Waals surface area contributed by atoms with Crippen LogP contribution in [0.3, 0.4) is 0 Å². The zero-order valence-corrected chi connectivity index (χ0v) is 10.3. The summed E-state index contributed by atoms with van der Waals surface area (Å²) in [5.41, 5.74) is 0. The fourth-order valence-corrected chi connectivity index (χ4v) is 2.41. The van der Waals surface area contributed by atoms with Crippen molar-refractivity contribution in [3.63, 3.8) is 0 Å². The van der Waals surface area contributed by atoms with Gasteiger partial charge in [-0.15, -0.1) is 0 Å². The molecule has 0 aromatic heterocycles. The largest absolute Gasteiger partial charge is 0.381 e. The van der Waals surface area contributed by atoms with E-state index in [9.17, 15) is 4.79 Å². The van der Waals surface area contributed by atoms with Gasteiger partial charge in [-0.1, -0.05) is 0 Å². The molecule has 0 spiro atoms. The van der Waals surface area contributed by atoms with Crippen LogP contribution in [-0.2, 0) is 4.74 Å². The molecule has 0 aliphatic carbocycles. The SMILES string of the molecule is O=C(NCC1CCCOC1)NC1CCNCC1. The molecule has 0 bridgehead atoms. The zero-order valence-electron chi connectivity index (χ0n) is 10.3. The van der Waals surface area contributed by atoms with Crippen LogP contribution in [0.4, 0.5) is 4.79 Å². The maximum absolute atomic E-state index is 11.7. The molecule has 2 aliphatic heterocycles. The van der Waals surface area contributed by atoms with Crippen molar-refractivity contribution in [2.75, 3.05) is 32.8 Å². The van der Waals surface area contributed by atoms with E-state index in [1.165, 1.54) is 0 Å².